The molecule has 1 amide bonds. The Morgan fingerprint density at radius 1 is 1.02 bits per heavy atom. The molecular weight excluding hydrogens is 624 g/mol. The van der Waals surface area contributed by atoms with Gasteiger partial charge in [-0.2, -0.15) is 15.2 Å². The molecule has 0 bridgehead atoms. The largest absolute Gasteiger partial charge is 0.462 e. The van der Waals surface area contributed by atoms with Gasteiger partial charge in [0.1, 0.15) is 12.4 Å². The molecule has 3 saturated heterocycles. The molecule has 5 heterocycles. The van der Waals surface area contributed by atoms with Crippen LogP contribution in [0.3, 0.4) is 0 Å². The van der Waals surface area contributed by atoms with Gasteiger partial charge in [-0.05, 0) is 76.3 Å². The quantitative estimate of drug-likeness (QED) is 0.295. The third-order valence-corrected chi connectivity index (χ3v) is 10.9. The Balaban J connectivity index is 1.16. The Morgan fingerprint density at radius 2 is 1.83 bits per heavy atom. The van der Waals surface area contributed by atoms with Crippen LogP contribution in [0, 0.1) is 11.3 Å². The zero-order valence-corrected chi connectivity index (χ0v) is 28.7. The molecule has 252 valence electrons. The fourth-order valence-electron chi connectivity index (χ4n) is 7.90. The lowest BCUT2D eigenvalue weighted by Gasteiger charge is -2.43. The molecule has 0 N–H and O–H groups in total. The van der Waals surface area contributed by atoms with E-state index in [1.807, 2.05) is 17.0 Å². The van der Waals surface area contributed by atoms with Crippen LogP contribution in [0.4, 0.5) is 11.5 Å². The van der Waals surface area contributed by atoms with Crippen LogP contribution >= 0.6 is 11.6 Å². The van der Waals surface area contributed by atoms with Crippen molar-refractivity contribution in [1.29, 1.82) is 5.26 Å². The number of likely N-dealkylation sites (tertiary alicyclic amines) is 2. The van der Waals surface area contributed by atoms with E-state index in [1.54, 1.807) is 0 Å². The van der Waals surface area contributed by atoms with Gasteiger partial charge in [-0.1, -0.05) is 42.4 Å². The number of anilines is 2. The molecule has 3 fully saturated rings. The summed E-state index contributed by atoms with van der Waals surface area (Å²) in [7, 11) is 2.14. The van der Waals surface area contributed by atoms with E-state index in [0.717, 1.165) is 96.8 Å². The summed E-state index contributed by atoms with van der Waals surface area (Å²) in [6.07, 6.45) is 5.59. The number of carbonyl (C=O) groups is 1. The number of aromatic nitrogens is 2. The molecule has 48 heavy (non-hydrogen) atoms. The topological polar surface area (TPSA) is 92.1 Å². The Bertz CT molecular complexity index is 1710. The lowest BCUT2D eigenvalue weighted by Crippen LogP contribution is -2.56. The van der Waals surface area contributed by atoms with Crippen LogP contribution in [-0.4, -0.2) is 109 Å². The number of hydrogen-bond donors (Lipinski definition) is 0. The number of amides is 1. The number of nitriles is 1. The number of halogens is 1. The number of rotatable bonds is 9. The minimum atomic E-state index is -0.258. The van der Waals surface area contributed by atoms with Crippen molar-refractivity contribution >= 4 is 39.8 Å². The van der Waals surface area contributed by atoms with Crippen molar-refractivity contribution in [2.24, 2.45) is 0 Å². The zero-order valence-electron chi connectivity index (χ0n) is 27.9. The van der Waals surface area contributed by atoms with Gasteiger partial charge in [0.25, 0.3) is 5.91 Å². The van der Waals surface area contributed by atoms with E-state index >= 15 is 0 Å². The summed E-state index contributed by atoms with van der Waals surface area (Å²) in [5.74, 6) is 0.817. The number of carbonyl (C=O) groups excluding carboxylic acids is 1. The Labute approximate surface area is 288 Å². The lowest BCUT2D eigenvalue weighted by atomic mass is 10.0. The highest BCUT2D eigenvalue weighted by Gasteiger charge is 2.35. The molecule has 7 rings (SSSR count). The summed E-state index contributed by atoms with van der Waals surface area (Å²) >= 11 is 6.74. The SMILES string of the molecule is C=C(CN1CCCC1)C(=O)N1CCN(c2nc(OC[C@@H]3CCCN3C)nc3c2CCN(c2cccc4cccc(Cl)c24)C3)C[C@@H]1CC#N. The fraction of sp³-hybridized carbons (Fsp3) is 0.514. The first-order valence-corrected chi connectivity index (χ1v) is 17.8. The van der Waals surface area contributed by atoms with E-state index in [2.05, 4.69) is 63.6 Å². The molecule has 0 radical (unpaired) electrons. The fourth-order valence-corrected chi connectivity index (χ4v) is 8.18. The molecule has 3 aromatic rings. The van der Waals surface area contributed by atoms with Crippen molar-refractivity contribution in [1.82, 2.24) is 24.7 Å². The Kier molecular flexibility index (Phi) is 9.71. The van der Waals surface area contributed by atoms with Crippen LogP contribution in [0.1, 0.15) is 43.4 Å². The van der Waals surface area contributed by atoms with Gasteiger partial charge < -0.3 is 24.3 Å². The van der Waals surface area contributed by atoms with Crippen LogP contribution in [-0.2, 0) is 17.8 Å². The van der Waals surface area contributed by atoms with Gasteiger partial charge >= 0.3 is 6.01 Å². The average Bonchev–Trinajstić information content (AvgIpc) is 3.77. The predicted octanol–water partition coefficient (Wildman–Crippen LogP) is 4.90. The maximum atomic E-state index is 13.6. The maximum Gasteiger partial charge on any atom is 0.318 e. The molecule has 0 aliphatic carbocycles. The molecule has 11 heteroatoms. The molecule has 10 nitrogen and oxygen atoms in total. The summed E-state index contributed by atoms with van der Waals surface area (Å²) in [6.45, 7) is 11.4. The molecule has 2 atom stereocenters. The number of benzene rings is 2. The Hall–Kier alpha value is -3.91. The van der Waals surface area contributed by atoms with Gasteiger partial charge in [-0.15, -0.1) is 0 Å². The van der Waals surface area contributed by atoms with Gasteiger partial charge in [0, 0.05) is 61.0 Å². The lowest BCUT2D eigenvalue weighted by molar-refractivity contribution is -0.130. The van der Waals surface area contributed by atoms with Crippen LogP contribution in [0.15, 0.2) is 48.6 Å². The molecule has 0 saturated carbocycles. The number of hydrogen-bond acceptors (Lipinski definition) is 9. The minimum Gasteiger partial charge on any atom is -0.462 e. The minimum absolute atomic E-state index is 0.0411. The van der Waals surface area contributed by atoms with Crippen molar-refractivity contribution < 1.29 is 9.53 Å². The smallest absolute Gasteiger partial charge is 0.318 e. The van der Waals surface area contributed by atoms with Crippen molar-refractivity contribution in [3.63, 3.8) is 0 Å². The summed E-state index contributed by atoms with van der Waals surface area (Å²) < 4.78 is 6.35. The van der Waals surface area contributed by atoms with Gasteiger partial charge in [0.2, 0.25) is 0 Å². The van der Waals surface area contributed by atoms with Crippen molar-refractivity contribution in [2.45, 2.75) is 57.2 Å². The van der Waals surface area contributed by atoms with E-state index in [9.17, 15) is 10.1 Å². The second-order valence-corrected chi connectivity index (χ2v) is 14.1. The first kappa shape index (κ1) is 32.6. The number of piperazine rings is 1. The summed E-state index contributed by atoms with van der Waals surface area (Å²) in [5, 5.41) is 12.7. The Morgan fingerprint density at radius 3 is 2.60 bits per heavy atom. The van der Waals surface area contributed by atoms with Gasteiger partial charge in [-0.3, -0.25) is 9.69 Å². The molecule has 2 aromatic carbocycles. The maximum absolute atomic E-state index is 13.6. The monoisotopic (exact) mass is 668 g/mol. The van der Waals surface area contributed by atoms with Gasteiger partial charge in [0.15, 0.2) is 0 Å². The van der Waals surface area contributed by atoms with Crippen LogP contribution in [0.5, 0.6) is 6.01 Å². The van der Waals surface area contributed by atoms with Gasteiger partial charge in [-0.25, -0.2) is 0 Å². The molecular formula is C37H45ClN8O2. The average molecular weight is 669 g/mol. The molecule has 4 aliphatic rings. The number of fused-ring (bicyclic) bond motifs is 2. The van der Waals surface area contributed by atoms with Crippen molar-refractivity contribution in [3.05, 3.63) is 64.8 Å². The number of nitrogens with zero attached hydrogens (tertiary/aromatic N) is 8. The van der Waals surface area contributed by atoms with Crippen molar-refractivity contribution in [3.8, 4) is 12.1 Å². The predicted molar refractivity (Wildman–Crippen MR) is 190 cm³/mol. The number of ether oxygens (including phenoxy) is 1. The highest BCUT2D eigenvalue weighted by Crippen LogP contribution is 2.37. The highest BCUT2D eigenvalue weighted by atomic mass is 35.5. The summed E-state index contributed by atoms with van der Waals surface area (Å²) in [5.41, 5.74) is 3.75. The van der Waals surface area contributed by atoms with Crippen LogP contribution in [0.2, 0.25) is 5.02 Å². The zero-order chi connectivity index (χ0) is 33.2. The van der Waals surface area contributed by atoms with E-state index in [1.165, 1.54) is 0 Å². The summed E-state index contributed by atoms with van der Waals surface area (Å²) in [6, 6.07) is 15.1. The highest BCUT2D eigenvalue weighted by molar-refractivity contribution is 6.36. The van der Waals surface area contributed by atoms with E-state index in [0.29, 0.717) is 57.0 Å². The normalized spacial score (nSPS) is 21.8. The third-order valence-electron chi connectivity index (χ3n) is 10.6. The standard InChI is InChI=1S/C37H45ClN8O2/c1-26(22-43-17-3-4-18-43)36(47)46-21-20-45(23-28(46)13-15-39)35-30-14-19-44(33-12-6-9-27-8-5-11-31(38)34(27)33)24-32(30)40-37(41-35)48-25-29-10-7-16-42(29)2/h5-6,8-9,11-12,28-29H,1,3-4,7,10,13-14,16-25H2,2H3/t28-,29-/m0/s1. The second-order valence-electron chi connectivity index (χ2n) is 13.7. The van der Waals surface area contributed by atoms with Crippen LogP contribution < -0.4 is 14.5 Å². The van der Waals surface area contributed by atoms with E-state index < -0.39 is 0 Å². The first-order valence-electron chi connectivity index (χ1n) is 17.4. The van der Waals surface area contributed by atoms with Crippen molar-refractivity contribution in [2.75, 3.05) is 75.8 Å². The third kappa shape index (κ3) is 6.69. The van der Waals surface area contributed by atoms with E-state index in [4.69, 9.17) is 26.3 Å². The molecule has 4 aliphatic heterocycles. The molecule has 1 aromatic heterocycles. The van der Waals surface area contributed by atoms with Crippen LogP contribution in [0.25, 0.3) is 10.8 Å². The molecule has 0 spiro atoms. The molecule has 0 unspecified atom stereocenters. The summed E-state index contributed by atoms with van der Waals surface area (Å²) in [4.78, 5) is 34.8. The van der Waals surface area contributed by atoms with E-state index in [-0.39, 0.29) is 18.4 Å². The van der Waals surface area contributed by atoms with Gasteiger partial charge in [0.05, 0.1) is 35.8 Å². The second kappa shape index (κ2) is 14.3. The first-order chi connectivity index (χ1) is 23.4. The number of likely N-dealkylation sites (N-methyl/N-ethyl adjacent to an activating group) is 1.